The lowest BCUT2D eigenvalue weighted by atomic mass is 10.2. The first-order valence-corrected chi connectivity index (χ1v) is 5.75. The summed E-state index contributed by atoms with van der Waals surface area (Å²) in [5, 5.41) is 0. The molecule has 78 valence electrons. The zero-order chi connectivity index (χ0) is 10.8. The first-order chi connectivity index (χ1) is 7.16. The van der Waals surface area contributed by atoms with Gasteiger partial charge in [0.2, 0.25) is 0 Å². The third kappa shape index (κ3) is 2.29. The van der Waals surface area contributed by atoms with Gasteiger partial charge in [-0.15, -0.1) is 0 Å². The summed E-state index contributed by atoms with van der Waals surface area (Å²) in [6.07, 6.45) is 3.95. The molecule has 0 aliphatic carbocycles. The third-order valence-corrected chi connectivity index (χ3v) is 2.81. The van der Waals surface area contributed by atoms with Gasteiger partial charge in [-0.25, -0.2) is 4.98 Å². The van der Waals surface area contributed by atoms with Gasteiger partial charge in [-0.2, -0.15) is 0 Å². The van der Waals surface area contributed by atoms with Crippen LogP contribution >= 0.6 is 15.9 Å². The summed E-state index contributed by atoms with van der Waals surface area (Å²) >= 11 is 3.46. The highest BCUT2D eigenvalue weighted by Gasteiger charge is 2.03. The number of hydrogen-bond acceptors (Lipinski definition) is 1. The summed E-state index contributed by atoms with van der Waals surface area (Å²) in [6.45, 7) is 4.29. The number of rotatable bonds is 2. The van der Waals surface area contributed by atoms with Crippen molar-refractivity contribution in [2.24, 2.45) is 0 Å². The average molecular weight is 265 g/mol. The van der Waals surface area contributed by atoms with Gasteiger partial charge in [-0.3, -0.25) is 0 Å². The molecule has 0 saturated carbocycles. The number of imidazole rings is 1. The van der Waals surface area contributed by atoms with Crippen LogP contribution in [0.25, 0.3) is 11.3 Å². The molecule has 2 rings (SSSR count). The smallest absolute Gasteiger partial charge is 0.0956 e. The number of nitrogens with zero attached hydrogens (tertiary/aromatic N) is 2. The van der Waals surface area contributed by atoms with Crippen molar-refractivity contribution in [1.29, 1.82) is 0 Å². The van der Waals surface area contributed by atoms with Gasteiger partial charge in [0.25, 0.3) is 0 Å². The third-order valence-electron chi connectivity index (χ3n) is 2.32. The fourth-order valence-corrected chi connectivity index (χ4v) is 1.82. The summed E-state index contributed by atoms with van der Waals surface area (Å²) in [5.74, 6) is 0. The summed E-state index contributed by atoms with van der Waals surface area (Å²) in [7, 11) is 0. The van der Waals surface area contributed by atoms with E-state index in [0.29, 0.717) is 6.04 Å². The minimum Gasteiger partial charge on any atom is -0.334 e. The second-order valence-corrected chi connectivity index (χ2v) is 4.73. The minimum absolute atomic E-state index is 0.457. The number of hydrogen-bond donors (Lipinski definition) is 0. The largest absolute Gasteiger partial charge is 0.334 e. The minimum atomic E-state index is 0.457. The monoisotopic (exact) mass is 264 g/mol. The van der Waals surface area contributed by atoms with Crippen molar-refractivity contribution in [2.75, 3.05) is 0 Å². The van der Waals surface area contributed by atoms with Crippen LogP contribution in [0.1, 0.15) is 19.9 Å². The van der Waals surface area contributed by atoms with Gasteiger partial charge >= 0.3 is 0 Å². The molecule has 2 nitrogen and oxygen atoms in total. The van der Waals surface area contributed by atoms with Crippen LogP contribution in [0.4, 0.5) is 0 Å². The Hall–Kier alpha value is -1.09. The van der Waals surface area contributed by atoms with Crippen LogP contribution in [0.5, 0.6) is 0 Å². The van der Waals surface area contributed by atoms with E-state index in [1.54, 1.807) is 0 Å². The molecular formula is C12H13BrN2. The molecule has 2 aromatic rings. The van der Waals surface area contributed by atoms with Gasteiger partial charge in [-0.05, 0) is 26.0 Å². The molecule has 0 fully saturated rings. The standard InChI is InChI=1S/C12H13BrN2/c1-9(2)15-7-12(14-8-15)10-4-3-5-11(13)6-10/h3-9H,1-2H3. The molecule has 3 heteroatoms. The number of aromatic nitrogens is 2. The van der Waals surface area contributed by atoms with Gasteiger partial charge < -0.3 is 4.57 Å². The quantitative estimate of drug-likeness (QED) is 0.805. The van der Waals surface area contributed by atoms with Crippen molar-refractivity contribution in [3.05, 3.63) is 41.3 Å². The van der Waals surface area contributed by atoms with E-state index in [1.807, 2.05) is 18.5 Å². The highest BCUT2D eigenvalue weighted by Crippen LogP contribution is 2.22. The molecule has 0 bridgehead atoms. The van der Waals surface area contributed by atoms with Crippen LogP contribution in [0.2, 0.25) is 0 Å². The van der Waals surface area contributed by atoms with Crippen LogP contribution in [0.15, 0.2) is 41.3 Å². The van der Waals surface area contributed by atoms with Crippen molar-refractivity contribution in [3.8, 4) is 11.3 Å². The molecule has 0 unspecified atom stereocenters. The molecule has 0 N–H and O–H groups in total. The summed E-state index contributed by atoms with van der Waals surface area (Å²) < 4.78 is 3.19. The average Bonchev–Trinajstić information content (AvgIpc) is 2.66. The van der Waals surface area contributed by atoms with Gasteiger partial charge in [0.15, 0.2) is 0 Å². The lowest BCUT2D eigenvalue weighted by Crippen LogP contribution is -1.95. The van der Waals surface area contributed by atoms with E-state index in [1.165, 1.54) is 0 Å². The zero-order valence-electron chi connectivity index (χ0n) is 8.81. The maximum absolute atomic E-state index is 4.39. The molecule has 0 radical (unpaired) electrons. The Kier molecular flexibility index (Phi) is 2.91. The van der Waals surface area contributed by atoms with Crippen LogP contribution in [-0.2, 0) is 0 Å². The van der Waals surface area contributed by atoms with E-state index >= 15 is 0 Å². The van der Waals surface area contributed by atoms with Crippen LogP contribution in [0, 0.1) is 0 Å². The highest BCUT2D eigenvalue weighted by molar-refractivity contribution is 9.10. The summed E-state index contributed by atoms with van der Waals surface area (Å²) in [6, 6.07) is 8.64. The Labute approximate surface area is 98.1 Å². The lowest BCUT2D eigenvalue weighted by Gasteiger charge is -2.03. The molecule has 0 aliphatic rings. The molecule has 1 heterocycles. The van der Waals surface area contributed by atoms with Crippen LogP contribution in [-0.4, -0.2) is 9.55 Å². The van der Waals surface area contributed by atoms with E-state index in [4.69, 9.17) is 0 Å². The normalized spacial score (nSPS) is 10.9. The molecule has 15 heavy (non-hydrogen) atoms. The van der Waals surface area contributed by atoms with Gasteiger partial charge in [0.1, 0.15) is 0 Å². The predicted molar refractivity (Wildman–Crippen MR) is 65.7 cm³/mol. The fourth-order valence-electron chi connectivity index (χ4n) is 1.42. The van der Waals surface area contributed by atoms with E-state index in [2.05, 4.69) is 57.7 Å². The summed E-state index contributed by atoms with van der Waals surface area (Å²) in [5.41, 5.74) is 2.16. The van der Waals surface area contributed by atoms with Crippen molar-refractivity contribution in [1.82, 2.24) is 9.55 Å². The maximum atomic E-state index is 4.39. The van der Waals surface area contributed by atoms with Crippen LogP contribution < -0.4 is 0 Å². The van der Waals surface area contributed by atoms with Crippen molar-refractivity contribution < 1.29 is 0 Å². The first-order valence-electron chi connectivity index (χ1n) is 4.96. The molecule has 0 amide bonds. The fraction of sp³-hybridized carbons (Fsp3) is 0.250. The maximum Gasteiger partial charge on any atom is 0.0956 e. The Morgan fingerprint density at radius 3 is 2.73 bits per heavy atom. The van der Waals surface area contributed by atoms with Gasteiger partial charge in [-0.1, -0.05) is 28.1 Å². The Morgan fingerprint density at radius 2 is 2.13 bits per heavy atom. The van der Waals surface area contributed by atoms with Gasteiger partial charge in [0, 0.05) is 22.3 Å². The van der Waals surface area contributed by atoms with E-state index in [0.717, 1.165) is 15.7 Å². The molecular weight excluding hydrogens is 252 g/mol. The topological polar surface area (TPSA) is 17.8 Å². The second kappa shape index (κ2) is 4.19. The molecule has 0 aliphatic heterocycles. The van der Waals surface area contributed by atoms with Crippen molar-refractivity contribution >= 4 is 15.9 Å². The Bertz CT molecular complexity index is 460. The first kappa shape index (κ1) is 10.4. The van der Waals surface area contributed by atoms with Gasteiger partial charge in [0.05, 0.1) is 12.0 Å². The molecule has 1 aromatic carbocycles. The zero-order valence-corrected chi connectivity index (χ0v) is 10.4. The summed E-state index contributed by atoms with van der Waals surface area (Å²) in [4.78, 5) is 4.39. The van der Waals surface area contributed by atoms with Crippen molar-refractivity contribution in [2.45, 2.75) is 19.9 Å². The number of benzene rings is 1. The van der Waals surface area contributed by atoms with E-state index in [-0.39, 0.29) is 0 Å². The molecule has 0 spiro atoms. The predicted octanol–water partition coefficient (Wildman–Crippen LogP) is 3.89. The van der Waals surface area contributed by atoms with E-state index in [9.17, 15) is 0 Å². The molecule has 1 aromatic heterocycles. The SMILES string of the molecule is CC(C)n1cnc(-c2cccc(Br)c2)c1. The Balaban J connectivity index is 2.37. The van der Waals surface area contributed by atoms with Crippen LogP contribution in [0.3, 0.4) is 0 Å². The second-order valence-electron chi connectivity index (χ2n) is 3.81. The van der Waals surface area contributed by atoms with E-state index < -0.39 is 0 Å². The molecule has 0 atom stereocenters. The Morgan fingerprint density at radius 1 is 1.33 bits per heavy atom. The molecule has 0 saturated heterocycles. The highest BCUT2D eigenvalue weighted by atomic mass is 79.9. The number of halogens is 1. The lowest BCUT2D eigenvalue weighted by molar-refractivity contribution is 0.600. The van der Waals surface area contributed by atoms with Crippen molar-refractivity contribution in [3.63, 3.8) is 0 Å².